The van der Waals surface area contributed by atoms with Crippen LogP contribution in [0.4, 0.5) is 0 Å². The van der Waals surface area contributed by atoms with E-state index in [9.17, 15) is 4.79 Å². The van der Waals surface area contributed by atoms with E-state index in [1.165, 1.54) is 0 Å². The molecule has 0 bridgehead atoms. The maximum atomic E-state index is 12.1. The zero-order chi connectivity index (χ0) is 13.3. The van der Waals surface area contributed by atoms with Gasteiger partial charge in [0, 0.05) is 5.56 Å². The van der Waals surface area contributed by atoms with Crippen LogP contribution in [-0.4, -0.2) is 11.5 Å². The molecule has 1 aliphatic carbocycles. The molecule has 1 aromatic rings. The van der Waals surface area contributed by atoms with Crippen molar-refractivity contribution in [1.82, 2.24) is 0 Å². The predicted octanol–water partition coefficient (Wildman–Crippen LogP) is 3.33. The van der Waals surface area contributed by atoms with E-state index in [1.54, 1.807) is 19.1 Å². The number of rotatable bonds is 2. The maximum Gasteiger partial charge on any atom is 0.212 e. The van der Waals surface area contributed by atoms with Crippen LogP contribution in [0.2, 0.25) is 0 Å². The quantitative estimate of drug-likeness (QED) is 0.762. The number of hydrogen-bond donors (Lipinski definition) is 0. The molecule has 0 spiro atoms. The van der Waals surface area contributed by atoms with Crippen molar-refractivity contribution in [1.29, 1.82) is 5.26 Å². The first-order valence-electron chi connectivity index (χ1n) is 5.24. The molecule has 0 atom stereocenters. The summed E-state index contributed by atoms with van der Waals surface area (Å²) in [5.74, 6) is -0.186. The van der Waals surface area contributed by atoms with Crippen molar-refractivity contribution in [2.45, 2.75) is 6.92 Å². The summed E-state index contributed by atoms with van der Waals surface area (Å²) < 4.78 is 0. The van der Waals surface area contributed by atoms with Gasteiger partial charge >= 0.3 is 0 Å². The molecule has 0 aliphatic heterocycles. The number of carbonyl (C=O) groups excluding carboxylic acids is 1. The number of Topliss-reactive ketones (excluding diaryl/α,β-unsaturated/α-hetero) is 1. The lowest BCUT2D eigenvalue weighted by Gasteiger charge is -1.97. The van der Waals surface area contributed by atoms with Gasteiger partial charge in [0.15, 0.2) is 5.71 Å². The smallest absolute Gasteiger partial charge is 0.212 e. The molecule has 1 aliphatic rings. The molecule has 0 saturated carbocycles. The number of hydrogen-bond acceptors (Lipinski definition) is 3. The molecule has 0 saturated heterocycles. The highest BCUT2D eigenvalue weighted by molar-refractivity contribution is 6.46. The predicted molar refractivity (Wildman–Crippen MR) is 71.4 cm³/mol. The first kappa shape index (κ1) is 12.3. The van der Waals surface area contributed by atoms with Crippen molar-refractivity contribution >= 4 is 28.7 Å². The molecule has 0 N–H and O–H groups in total. The van der Waals surface area contributed by atoms with Gasteiger partial charge in [0.25, 0.3) is 0 Å². The van der Waals surface area contributed by atoms with Gasteiger partial charge in [-0.3, -0.25) is 4.79 Å². The van der Waals surface area contributed by atoms with Crippen molar-refractivity contribution in [3.63, 3.8) is 0 Å². The fourth-order valence-corrected chi connectivity index (χ4v) is 1.91. The number of ketones is 1. The lowest BCUT2D eigenvalue weighted by molar-refractivity contribution is 0.103. The minimum atomic E-state index is -0.186. The van der Waals surface area contributed by atoms with Crippen LogP contribution in [0.5, 0.6) is 0 Å². The lowest BCUT2D eigenvalue weighted by atomic mass is 10.1. The van der Waals surface area contributed by atoms with E-state index >= 15 is 0 Å². The van der Waals surface area contributed by atoms with Crippen molar-refractivity contribution in [3.05, 3.63) is 52.7 Å². The van der Waals surface area contributed by atoms with E-state index in [0.29, 0.717) is 5.56 Å². The van der Waals surface area contributed by atoms with Crippen LogP contribution < -0.4 is 0 Å². The summed E-state index contributed by atoms with van der Waals surface area (Å²) in [7, 11) is 0. The normalized spacial score (nSPS) is 14.5. The molecule has 18 heavy (non-hydrogen) atoms. The van der Waals surface area contributed by atoms with Crippen molar-refractivity contribution in [3.8, 4) is 6.07 Å². The summed E-state index contributed by atoms with van der Waals surface area (Å²) in [5.41, 5.74) is 2.42. The number of fused-ring (bicyclic) bond motifs is 1. The molecule has 1 aromatic carbocycles. The molecular formula is C14H9ClN2O. The van der Waals surface area contributed by atoms with Gasteiger partial charge in [0.1, 0.15) is 11.8 Å². The largest absolute Gasteiger partial charge is 0.287 e. The van der Waals surface area contributed by atoms with Crippen LogP contribution >= 0.6 is 11.6 Å². The third-order valence-electron chi connectivity index (χ3n) is 2.73. The van der Waals surface area contributed by atoms with Crippen molar-refractivity contribution < 1.29 is 4.79 Å². The summed E-state index contributed by atoms with van der Waals surface area (Å²) in [4.78, 5) is 16.2. The minimum absolute atomic E-state index is 0.0292. The van der Waals surface area contributed by atoms with Crippen LogP contribution in [0.25, 0.3) is 5.57 Å². The molecule has 0 unspecified atom stereocenters. The summed E-state index contributed by atoms with van der Waals surface area (Å²) in [5, 5.41) is 8.92. The van der Waals surface area contributed by atoms with Gasteiger partial charge in [-0.2, -0.15) is 5.26 Å². The summed E-state index contributed by atoms with van der Waals surface area (Å²) >= 11 is 5.65. The van der Waals surface area contributed by atoms with Crippen molar-refractivity contribution in [2.75, 3.05) is 0 Å². The van der Waals surface area contributed by atoms with E-state index < -0.39 is 0 Å². The molecular weight excluding hydrogens is 248 g/mol. The van der Waals surface area contributed by atoms with Gasteiger partial charge in [-0.1, -0.05) is 42.4 Å². The fraction of sp³-hybridized carbons (Fsp3) is 0.0714. The molecule has 0 amide bonds. The Kier molecular flexibility index (Phi) is 3.14. The Bertz CT molecular complexity index is 663. The topological polar surface area (TPSA) is 53.2 Å². The Morgan fingerprint density at radius 3 is 2.50 bits per heavy atom. The highest BCUT2D eigenvalue weighted by Gasteiger charge is 2.27. The summed E-state index contributed by atoms with van der Waals surface area (Å²) in [6.07, 6.45) is 0. The van der Waals surface area contributed by atoms with Gasteiger partial charge in [0.05, 0.1) is 5.03 Å². The van der Waals surface area contributed by atoms with Gasteiger partial charge < -0.3 is 0 Å². The Labute approximate surface area is 110 Å². The fourth-order valence-electron chi connectivity index (χ4n) is 1.83. The van der Waals surface area contributed by atoms with Gasteiger partial charge in [-0.15, -0.1) is 0 Å². The van der Waals surface area contributed by atoms with Gasteiger partial charge in [-0.25, -0.2) is 4.99 Å². The van der Waals surface area contributed by atoms with E-state index in [4.69, 9.17) is 16.9 Å². The van der Waals surface area contributed by atoms with E-state index in [2.05, 4.69) is 11.6 Å². The van der Waals surface area contributed by atoms with E-state index in [1.807, 2.05) is 18.2 Å². The second kappa shape index (κ2) is 4.59. The molecule has 0 aromatic heterocycles. The van der Waals surface area contributed by atoms with Crippen LogP contribution in [0.1, 0.15) is 22.8 Å². The molecule has 4 heteroatoms. The Morgan fingerprint density at radius 1 is 1.39 bits per heavy atom. The summed E-state index contributed by atoms with van der Waals surface area (Å²) in [6, 6.07) is 9.07. The highest BCUT2D eigenvalue weighted by Crippen LogP contribution is 2.33. The first-order chi connectivity index (χ1) is 8.56. The SMILES string of the molecule is C=C(Cl)C(C#N)=NC1=C(C)c2ccccc2C1=O. The van der Waals surface area contributed by atoms with E-state index in [0.717, 1.165) is 11.1 Å². The molecule has 0 heterocycles. The molecule has 0 fully saturated rings. The molecule has 88 valence electrons. The Balaban J connectivity index is 2.57. The zero-order valence-corrected chi connectivity index (χ0v) is 10.5. The molecule has 0 radical (unpaired) electrons. The standard InChI is InChI=1S/C14H9ClN2O/c1-8-10-5-3-4-6-11(10)14(18)13(8)17-12(7-16)9(2)15/h3-6H,2H2,1H3. The average molecular weight is 257 g/mol. The third kappa shape index (κ3) is 1.87. The lowest BCUT2D eigenvalue weighted by Crippen LogP contribution is -2.01. The molecule has 3 nitrogen and oxygen atoms in total. The number of carbonyl (C=O) groups is 1. The maximum absolute atomic E-state index is 12.1. The van der Waals surface area contributed by atoms with Crippen LogP contribution in [-0.2, 0) is 0 Å². The first-order valence-corrected chi connectivity index (χ1v) is 5.62. The Morgan fingerprint density at radius 2 is 2.00 bits per heavy atom. The second-order valence-electron chi connectivity index (χ2n) is 3.83. The number of halogens is 1. The van der Waals surface area contributed by atoms with Gasteiger partial charge in [-0.05, 0) is 18.1 Å². The number of aliphatic imine (C=N–C) groups is 1. The number of allylic oxidation sites excluding steroid dienone is 3. The molecule has 2 rings (SSSR count). The van der Waals surface area contributed by atoms with Crippen molar-refractivity contribution in [2.24, 2.45) is 4.99 Å². The zero-order valence-electron chi connectivity index (χ0n) is 9.70. The minimum Gasteiger partial charge on any atom is -0.287 e. The highest BCUT2D eigenvalue weighted by atomic mass is 35.5. The number of nitriles is 1. The number of benzene rings is 1. The van der Waals surface area contributed by atoms with Gasteiger partial charge in [0.2, 0.25) is 5.78 Å². The van der Waals surface area contributed by atoms with E-state index in [-0.39, 0.29) is 22.2 Å². The monoisotopic (exact) mass is 256 g/mol. The average Bonchev–Trinajstić information content (AvgIpc) is 2.60. The van der Waals surface area contributed by atoms with Crippen LogP contribution in [0.15, 0.2) is 46.6 Å². The third-order valence-corrected chi connectivity index (χ3v) is 2.91. The second-order valence-corrected chi connectivity index (χ2v) is 4.28. The summed E-state index contributed by atoms with van der Waals surface area (Å²) in [6.45, 7) is 5.25. The van der Waals surface area contributed by atoms with Crippen LogP contribution in [0, 0.1) is 11.3 Å². The number of nitrogens with zero attached hydrogens (tertiary/aromatic N) is 2. The Hall–Kier alpha value is -2.18. The van der Waals surface area contributed by atoms with Crippen LogP contribution in [0.3, 0.4) is 0 Å².